The number of aromatic nitrogens is 2. The maximum Gasteiger partial charge on any atom is 0.257 e. The quantitative estimate of drug-likeness (QED) is 0.327. The van der Waals surface area contributed by atoms with Gasteiger partial charge in [0, 0.05) is 51.2 Å². The van der Waals surface area contributed by atoms with Crippen LogP contribution in [0.1, 0.15) is 74.6 Å². The second-order valence-corrected chi connectivity index (χ2v) is 12.4. The van der Waals surface area contributed by atoms with Crippen LogP contribution in [0, 0.1) is 11.8 Å². The zero-order chi connectivity index (χ0) is 28.9. The molecule has 8 nitrogen and oxygen atoms in total. The van der Waals surface area contributed by atoms with E-state index in [0.717, 1.165) is 54.7 Å². The van der Waals surface area contributed by atoms with E-state index in [-0.39, 0.29) is 17.9 Å². The van der Waals surface area contributed by atoms with Crippen molar-refractivity contribution in [1.29, 1.82) is 0 Å². The number of pyridine rings is 1. The fraction of sp³-hybridized carbons (Fsp3) is 0.559. The van der Waals surface area contributed by atoms with Crippen molar-refractivity contribution in [2.75, 3.05) is 38.3 Å². The first-order chi connectivity index (χ1) is 20.5. The lowest BCUT2D eigenvalue weighted by Crippen LogP contribution is -2.40. The van der Waals surface area contributed by atoms with Crippen LogP contribution < -0.4 is 9.64 Å². The summed E-state index contributed by atoms with van der Waals surface area (Å²) in [6.07, 6.45) is 15.0. The number of fused-ring (bicyclic) bond motifs is 1. The van der Waals surface area contributed by atoms with Crippen LogP contribution in [0.5, 0.6) is 5.75 Å². The molecule has 42 heavy (non-hydrogen) atoms. The van der Waals surface area contributed by atoms with E-state index in [2.05, 4.69) is 15.6 Å². The number of nitrogens with zero attached hydrogens (tertiary/aromatic N) is 4. The minimum Gasteiger partial charge on any atom is -0.490 e. The van der Waals surface area contributed by atoms with Gasteiger partial charge < -0.3 is 23.8 Å². The lowest BCUT2D eigenvalue weighted by atomic mass is 9.86. The van der Waals surface area contributed by atoms with E-state index in [1.807, 2.05) is 48.5 Å². The van der Waals surface area contributed by atoms with E-state index < -0.39 is 0 Å². The Morgan fingerprint density at radius 3 is 2.43 bits per heavy atom. The molecule has 3 aromatic rings. The van der Waals surface area contributed by atoms with Crippen molar-refractivity contribution in [3.63, 3.8) is 0 Å². The molecule has 2 saturated carbocycles. The Hall–Kier alpha value is -3.39. The van der Waals surface area contributed by atoms with E-state index in [0.29, 0.717) is 50.1 Å². The van der Waals surface area contributed by atoms with Gasteiger partial charge in [0.05, 0.1) is 30.4 Å². The molecule has 0 N–H and O–H groups in total. The molecular formula is C34H44N4O4. The number of rotatable bonds is 8. The summed E-state index contributed by atoms with van der Waals surface area (Å²) in [5, 5.41) is 0. The summed E-state index contributed by atoms with van der Waals surface area (Å²) >= 11 is 0. The standard InChI is InChI=1S/C34H44N4O4/c1-36(32(39)22-25-6-3-2-4-7-25)27-11-15-29(16-12-27)42-28-13-9-26(10-14-28)23-38-24-30(33-31(38)8-5-17-35-33)34(40)37-18-20-41-21-19-37/h5,8,11-12,15-17,24-26,28H,2-4,6-7,9-10,13-14,18-23H2,1H3. The maximum atomic E-state index is 13.3. The van der Waals surface area contributed by atoms with Gasteiger partial charge in [-0.3, -0.25) is 14.6 Å². The van der Waals surface area contributed by atoms with Gasteiger partial charge in [-0.1, -0.05) is 19.3 Å². The summed E-state index contributed by atoms with van der Waals surface area (Å²) in [6.45, 7) is 3.30. The van der Waals surface area contributed by atoms with Crippen molar-refractivity contribution < 1.29 is 19.1 Å². The van der Waals surface area contributed by atoms with Crippen molar-refractivity contribution in [3.8, 4) is 5.75 Å². The average molecular weight is 573 g/mol. The lowest BCUT2D eigenvalue weighted by Gasteiger charge is -2.29. The number of anilines is 1. The van der Waals surface area contributed by atoms with Gasteiger partial charge in [0.25, 0.3) is 5.91 Å². The molecule has 0 bridgehead atoms. The number of carbonyl (C=O) groups is 2. The van der Waals surface area contributed by atoms with E-state index in [4.69, 9.17) is 9.47 Å². The predicted molar refractivity (Wildman–Crippen MR) is 164 cm³/mol. The third-order valence-electron chi connectivity index (χ3n) is 9.50. The Morgan fingerprint density at radius 2 is 1.69 bits per heavy atom. The minimum atomic E-state index is 0.0451. The van der Waals surface area contributed by atoms with Crippen LogP contribution in [0.3, 0.4) is 0 Å². The molecule has 3 aliphatic rings. The first-order valence-electron chi connectivity index (χ1n) is 15.9. The maximum absolute atomic E-state index is 13.3. The van der Waals surface area contributed by atoms with Gasteiger partial charge in [0.2, 0.25) is 5.91 Å². The third-order valence-corrected chi connectivity index (χ3v) is 9.50. The number of ether oxygens (including phenoxy) is 2. The molecule has 1 saturated heterocycles. The number of morpholine rings is 1. The first kappa shape index (κ1) is 28.7. The van der Waals surface area contributed by atoms with Crippen molar-refractivity contribution >= 4 is 28.5 Å². The molecule has 224 valence electrons. The molecule has 1 aromatic carbocycles. The topological polar surface area (TPSA) is 76.9 Å². The molecule has 1 aliphatic heterocycles. The number of hydrogen-bond donors (Lipinski definition) is 0. The van der Waals surface area contributed by atoms with Crippen molar-refractivity contribution in [2.24, 2.45) is 11.8 Å². The molecule has 3 fully saturated rings. The second kappa shape index (κ2) is 13.3. The SMILES string of the molecule is CN(C(=O)CC1CCCCC1)c1ccc(OC2CCC(Cn3cc(C(=O)N4CCOCC4)c4ncccc43)CC2)cc1. The van der Waals surface area contributed by atoms with Crippen LogP contribution in [0.25, 0.3) is 11.0 Å². The first-order valence-corrected chi connectivity index (χ1v) is 15.9. The van der Waals surface area contributed by atoms with Crippen LogP contribution in [-0.2, 0) is 16.1 Å². The molecule has 3 heterocycles. The highest BCUT2D eigenvalue weighted by Gasteiger charge is 2.27. The Balaban J connectivity index is 1.01. The summed E-state index contributed by atoms with van der Waals surface area (Å²) in [4.78, 5) is 34.4. The highest BCUT2D eigenvalue weighted by atomic mass is 16.5. The van der Waals surface area contributed by atoms with Crippen molar-refractivity contribution in [2.45, 2.75) is 76.9 Å². The highest BCUT2D eigenvalue weighted by molar-refractivity contribution is 6.05. The monoisotopic (exact) mass is 572 g/mol. The Morgan fingerprint density at radius 1 is 0.952 bits per heavy atom. The fourth-order valence-corrected chi connectivity index (χ4v) is 6.94. The van der Waals surface area contributed by atoms with E-state index in [9.17, 15) is 9.59 Å². The molecular weight excluding hydrogens is 528 g/mol. The van der Waals surface area contributed by atoms with Gasteiger partial charge in [0.15, 0.2) is 0 Å². The summed E-state index contributed by atoms with van der Waals surface area (Å²) in [7, 11) is 1.88. The van der Waals surface area contributed by atoms with Crippen LogP contribution in [0.4, 0.5) is 5.69 Å². The average Bonchev–Trinajstić information content (AvgIpc) is 3.40. The predicted octanol–water partition coefficient (Wildman–Crippen LogP) is 6.08. The Kier molecular flexibility index (Phi) is 9.08. The normalized spacial score (nSPS) is 21.8. The number of benzene rings is 1. The fourth-order valence-electron chi connectivity index (χ4n) is 6.94. The van der Waals surface area contributed by atoms with E-state index in [1.165, 1.54) is 32.1 Å². The molecule has 2 aromatic heterocycles. The molecule has 0 atom stereocenters. The zero-order valence-electron chi connectivity index (χ0n) is 24.9. The van der Waals surface area contributed by atoms with Crippen molar-refractivity contribution in [1.82, 2.24) is 14.5 Å². The second-order valence-electron chi connectivity index (χ2n) is 12.4. The molecule has 2 amide bonds. The third kappa shape index (κ3) is 6.64. The molecule has 2 aliphatic carbocycles. The zero-order valence-corrected chi connectivity index (χ0v) is 24.9. The highest BCUT2D eigenvalue weighted by Crippen LogP contribution is 2.32. The van der Waals surface area contributed by atoms with Gasteiger partial charge in [-0.05, 0) is 86.8 Å². The van der Waals surface area contributed by atoms with Gasteiger partial charge in [-0.15, -0.1) is 0 Å². The van der Waals surface area contributed by atoms with Crippen molar-refractivity contribution in [3.05, 3.63) is 54.4 Å². The van der Waals surface area contributed by atoms with Gasteiger partial charge in [-0.25, -0.2) is 0 Å². The largest absolute Gasteiger partial charge is 0.490 e. The van der Waals surface area contributed by atoms with Crippen LogP contribution in [0.2, 0.25) is 0 Å². The van der Waals surface area contributed by atoms with Crippen LogP contribution in [0.15, 0.2) is 48.8 Å². The van der Waals surface area contributed by atoms with E-state index >= 15 is 0 Å². The Bertz CT molecular complexity index is 1350. The number of hydrogen-bond acceptors (Lipinski definition) is 5. The van der Waals surface area contributed by atoms with E-state index in [1.54, 1.807) is 11.1 Å². The molecule has 8 heteroatoms. The molecule has 0 spiro atoms. The minimum absolute atomic E-state index is 0.0451. The van der Waals surface area contributed by atoms with Gasteiger partial charge in [0.1, 0.15) is 11.3 Å². The number of carbonyl (C=O) groups excluding carboxylic acids is 2. The van der Waals surface area contributed by atoms with Gasteiger partial charge in [-0.2, -0.15) is 0 Å². The summed E-state index contributed by atoms with van der Waals surface area (Å²) in [6, 6.07) is 12.0. The molecule has 0 radical (unpaired) electrons. The summed E-state index contributed by atoms with van der Waals surface area (Å²) in [5.41, 5.74) is 3.42. The Labute approximate surface area is 249 Å². The molecule has 6 rings (SSSR count). The summed E-state index contributed by atoms with van der Waals surface area (Å²) < 4.78 is 14.0. The summed E-state index contributed by atoms with van der Waals surface area (Å²) in [5.74, 6) is 2.18. The van der Waals surface area contributed by atoms with Gasteiger partial charge >= 0.3 is 0 Å². The lowest BCUT2D eigenvalue weighted by molar-refractivity contribution is -0.119. The smallest absolute Gasteiger partial charge is 0.257 e. The van der Waals surface area contributed by atoms with Crippen LogP contribution in [-0.4, -0.2) is 65.7 Å². The van der Waals surface area contributed by atoms with Crippen LogP contribution >= 0.6 is 0 Å². The molecule has 0 unspecified atom stereocenters. The number of amides is 2.